The molecular weight excluding hydrogens is 336 g/mol. The molecule has 0 bridgehead atoms. The second kappa shape index (κ2) is 6.30. The summed E-state index contributed by atoms with van der Waals surface area (Å²) >= 11 is 3.36. The summed E-state index contributed by atoms with van der Waals surface area (Å²) in [6, 6.07) is 12.3. The Hall–Kier alpha value is -2.31. The number of nitrogens with zero attached hydrogens (tertiary/aromatic N) is 3. The summed E-state index contributed by atoms with van der Waals surface area (Å²) in [5.41, 5.74) is 0.945. The van der Waals surface area contributed by atoms with Crippen LogP contribution in [0.1, 0.15) is 22.9 Å². The largest absolute Gasteiger partial charge is 0.360 e. The van der Waals surface area contributed by atoms with E-state index in [0.717, 1.165) is 32.4 Å². The minimum atomic E-state index is 0.0955. The smallest absolute Gasteiger partial charge is 0.172 e. The number of thiophene rings is 1. The SMILES string of the molecule is Cc1cnc(C(C)Nc2nc(-c3cccs3)nc3ccccc23)s1. The third kappa shape index (κ3) is 2.90. The minimum absolute atomic E-state index is 0.0955. The van der Waals surface area contributed by atoms with Crippen LogP contribution >= 0.6 is 22.7 Å². The summed E-state index contributed by atoms with van der Waals surface area (Å²) in [4.78, 5) is 16.3. The first-order valence-electron chi connectivity index (χ1n) is 7.70. The molecule has 1 aromatic carbocycles. The van der Waals surface area contributed by atoms with Crippen molar-refractivity contribution in [1.29, 1.82) is 0 Å². The molecule has 1 atom stereocenters. The van der Waals surface area contributed by atoms with Gasteiger partial charge in [0.25, 0.3) is 0 Å². The van der Waals surface area contributed by atoms with Gasteiger partial charge in [0.05, 0.1) is 16.4 Å². The van der Waals surface area contributed by atoms with Crippen LogP contribution in [0.25, 0.3) is 21.6 Å². The fourth-order valence-corrected chi connectivity index (χ4v) is 3.98. The van der Waals surface area contributed by atoms with E-state index >= 15 is 0 Å². The van der Waals surface area contributed by atoms with Crippen LogP contribution in [-0.2, 0) is 0 Å². The van der Waals surface area contributed by atoms with Crippen molar-refractivity contribution in [2.75, 3.05) is 5.32 Å². The molecule has 3 heterocycles. The van der Waals surface area contributed by atoms with E-state index in [4.69, 9.17) is 9.97 Å². The van der Waals surface area contributed by atoms with Crippen molar-refractivity contribution in [3.8, 4) is 10.7 Å². The van der Waals surface area contributed by atoms with Gasteiger partial charge in [-0.25, -0.2) is 15.0 Å². The Kier molecular flexibility index (Phi) is 4.00. The standard InChI is InChI=1S/C18H16N4S2/c1-11-10-19-18(24-11)12(2)20-16-13-6-3-4-7-14(13)21-17(22-16)15-8-5-9-23-15/h3-10,12H,1-2H3,(H,20,21,22). The zero-order chi connectivity index (χ0) is 16.5. The average Bonchev–Trinajstić information content (AvgIpc) is 3.26. The van der Waals surface area contributed by atoms with Gasteiger partial charge in [-0.1, -0.05) is 18.2 Å². The molecular formula is C18H16N4S2. The number of nitrogens with one attached hydrogen (secondary N) is 1. The molecule has 4 nitrogen and oxygen atoms in total. The van der Waals surface area contributed by atoms with Crippen LogP contribution in [0.3, 0.4) is 0 Å². The van der Waals surface area contributed by atoms with Crippen molar-refractivity contribution in [2.24, 2.45) is 0 Å². The zero-order valence-corrected chi connectivity index (χ0v) is 15.0. The van der Waals surface area contributed by atoms with Crippen LogP contribution < -0.4 is 5.32 Å². The maximum absolute atomic E-state index is 4.78. The molecule has 0 saturated heterocycles. The average molecular weight is 352 g/mol. The molecule has 0 spiro atoms. The Morgan fingerprint density at radius 3 is 2.71 bits per heavy atom. The Morgan fingerprint density at radius 2 is 1.96 bits per heavy atom. The van der Waals surface area contributed by atoms with Gasteiger partial charge in [0.15, 0.2) is 5.82 Å². The van der Waals surface area contributed by atoms with Crippen molar-refractivity contribution in [2.45, 2.75) is 19.9 Å². The van der Waals surface area contributed by atoms with Gasteiger partial charge in [0, 0.05) is 16.5 Å². The molecule has 0 aliphatic heterocycles. The highest BCUT2D eigenvalue weighted by molar-refractivity contribution is 7.13. The third-order valence-corrected chi connectivity index (χ3v) is 5.67. The second-order valence-corrected chi connectivity index (χ2v) is 7.78. The number of thiazole rings is 1. The van der Waals surface area contributed by atoms with Gasteiger partial charge < -0.3 is 5.32 Å². The topological polar surface area (TPSA) is 50.7 Å². The molecule has 4 rings (SSSR count). The van der Waals surface area contributed by atoms with Gasteiger partial charge in [-0.2, -0.15) is 0 Å². The fraction of sp³-hybridized carbons (Fsp3) is 0.167. The summed E-state index contributed by atoms with van der Waals surface area (Å²) < 4.78 is 0. The molecule has 1 unspecified atom stereocenters. The Bertz CT molecular complexity index is 976. The summed E-state index contributed by atoms with van der Waals surface area (Å²) in [7, 11) is 0. The van der Waals surface area contributed by atoms with Crippen LogP contribution in [0.4, 0.5) is 5.82 Å². The summed E-state index contributed by atoms with van der Waals surface area (Å²) in [6.07, 6.45) is 1.91. The highest BCUT2D eigenvalue weighted by Gasteiger charge is 2.14. The van der Waals surface area contributed by atoms with E-state index in [1.807, 2.05) is 41.9 Å². The van der Waals surface area contributed by atoms with Gasteiger partial charge >= 0.3 is 0 Å². The lowest BCUT2D eigenvalue weighted by Crippen LogP contribution is -2.09. The molecule has 0 aliphatic carbocycles. The first kappa shape index (κ1) is 15.2. The molecule has 4 aromatic rings. The summed E-state index contributed by atoms with van der Waals surface area (Å²) in [5.74, 6) is 1.61. The number of fused-ring (bicyclic) bond motifs is 1. The van der Waals surface area contributed by atoms with Gasteiger partial charge in [-0.3, -0.25) is 0 Å². The normalized spacial score (nSPS) is 12.4. The third-order valence-electron chi connectivity index (χ3n) is 3.71. The first-order chi connectivity index (χ1) is 11.7. The predicted molar refractivity (Wildman–Crippen MR) is 102 cm³/mol. The lowest BCUT2D eigenvalue weighted by molar-refractivity contribution is 0.862. The molecule has 0 amide bonds. The number of rotatable bonds is 4. The lowest BCUT2D eigenvalue weighted by Gasteiger charge is -2.14. The van der Waals surface area contributed by atoms with Crippen molar-refractivity contribution in [3.05, 3.63) is 57.9 Å². The summed E-state index contributed by atoms with van der Waals surface area (Å²) in [6.45, 7) is 4.18. The number of benzene rings is 1. The van der Waals surface area contributed by atoms with E-state index in [2.05, 4.69) is 30.2 Å². The maximum Gasteiger partial charge on any atom is 0.172 e. The summed E-state index contributed by atoms with van der Waals surface area (Å²) in [5, 5.41) is 7.65. The Balaban J connectivity index is 1.78. The number of anilines is 1. The van der Waals surface area contributed by atoms with Crippen molar-refractivity contribution < 1.29 is 0 Å². The molecule has 120 valence electrons. The van der Waals surface area contributed by atoms with E-state index in [1.54, 1.807) is 22.7 Å². The van der Waals surface area contributed by atoms with Gasteiger partial charge in [-0.05, 0) is 37.4 Å². The maximum atomic E-state index is 4.78. The predicted octanol–water partition coefficient (Wildman–Crippen LogP) is 5.30. The molecule has 0 fully saturated rings. The van der Waals surface area contributed by atoms with Gasteiger partial charge in [0.1, 0.15) is 10.8 Å². The van der Waals surface area contributed by atoms with Crippen LogP contribution in [0, 0.1) is 6.92 Å². The van der Waals surface area contributed by atoms with Crippen LogP contribution in [-0.4, -0.2) is 15.0 Å². The van der Waals surface area contributed by atoms with E-state index < -0.39 is 0 Å². The fourth-order valence-electron chi connectivity index (χ4n) is 2.54. The van der Waals surface area contributed by atoms with Gasteiger partial charge in [-0.15, -0.1) is 22.7 Å². The van der Waals surface area contributed by atoms with E-state index in [-0.39, 0.29) is 6.04 Å². The molecule has 0 radical (unpaired) electrons. The number of hydrogen-bond donors (Lipinski definition) is 1. The molecule has 3 aromatic heterocycles. The van der Waals surface area contributed by atoms with E-state index in [1.165, 1.54) is 4.88 Å². The number of aromatic nitrogens is 3. The minimum Gasteiger partial charge on any atom is -0.360 e. The van der Waals surface area contributed by atoms with Crippen LogP contribution in [0.5, 0.6) is 0 Å². The van der Waals surface area contributed by atoms with E-state index in [9.17, 15) is 0 Å². The first-order valence-corrected chi connectivity index (χ1v) is 9.40. The number of para-hydroxylation sites is 1. The second-order valence-electron chi connectivity index (χ2n) is 5.57. The Labute approximate surface area is 148 Å². The monoisotopic (exact) mass is 352 g/mol. The van der Waals surface area contributed by atoms with Crippen molar-refractivity contribution >= 4 is 39.4 Å². The molecule has 1 N–H and O–H groups in total. The van der Waals surface area contributed by atoms with Crippen molar-refractivity contribution in [3.63, 3.8) is 0 Å². The molecule has 0 saturated carbocycles. The van der Waals surface area contributed by atoms with Crippen molar-refractivity contribution in [1.82, 2.24) is 15.0 Å². The molecule has 24 heavy (non-hydrogen) atoms. The number of hydrogen-bond acceptors (Lipinski definition) is 6. The highest BCUT2D eigenvalue weighted by atomic mass is 32.1. The quantitative estimate of drug-likeness (QED) is 0.542. The molecule has 0 aliphatic rings. The van der Waals surface area contributed by atoms with Crippen LogP contribution in [0.15, 0.2) is 48.0 Å². The van der Waals surface area contributed by atoms with Crippen LogP contribution in [0.2, 0.25) is 0 Å². The molecule has 6 heteroatoms. The number of aryl methyl sites for hydroxylation is 1. The van der Waals surface area contributed by atoms with E-state index in [0.29, 0.717) is 0 Å². The Morgan fingerprint density at radius 1 is 1.08 bits per heavy atom. The highest BCUT2D eigenvalue weighted by Crippen LogP contribution is 2.30. The lowest BCUT2D eigenvalue weighted by atomic mass is 10.2. The van der Waals surface area contributed by atoms with Gasteiger partial charge in [0.2, 0.25) is 0 Å². The zero-order valence-electron chi connectivity index (χ0n) is 13.4.